The number of anilines is 2. The van der Waals surface area contributed by atoms with Crippen LogP contribution in [-0.4, -0.2) is 98.1 Å². The molecule has 2 saturated carbocycles. The van der Waals surface area contributed by atoms with Crippen molar-refractivity contribution in [1.29, 1.82) is 0 Å². The van der Waals surface area contributed by atoms with Crippen molar-refractivity contribution in [3.63, 3.8) is 0 Å². The molecule has 4 unspecified atom stereocenters. The third kappa shape index (κ3) is 3.87. The van der Waals surface area contributed by atoms with Crippen molar-refractivity contribution in [2.75, 3.05) is 62.3 Å². The molecule has 296 valence electrons. The Balaban J connectivity index is 0.00000181. The third-order valence-electron chi connectivity index (χ3n) is 18.9. The summed E-state index contributed by atoms with van der Waals surface area (Å²) in [5.74, 6) is 1.73. The number of hydrogen-bond donors (Lipinski definition) is 0. The molecular weight excluding hydrogens is 824 g/mol. The van der Waals surface area contributed by atoms with Crippen LogP contribution in [0.5, 0.6) is 0 Å². The molecule has 9 aliphatic heterocycles. The molecule has 9 heterocycles. The number of benzene rings is 2. The minimum atomic E-state index is 0. The first-order chi connectivity index (χ1) is 26.2. The van der Waals surface area contributed by atoms with Gasteiger partial charge in [0.05, 0.1) is 62.3 Å². The van der Waals surface area contributed by atoms with Crippen molar-refractivity contribution in [1.82, 2.24) is 0 Å². The first kappa shape index (κ1) is 36.8. The van der Waals surface area contributed by atoms with Crippen molar-refractivity contribution in [3.05, 3.63) is 106 Å². The molecule has 0 aromatic heterocycles. The first-order valence-electron chi connectivity index (χ1n) is 21.6. The second-order valence-electron chi connectivity index (χ2n) is 20.2. The standard InChI is InChI=1S/C48H58N4O2.2BrH/c1-7-13-51-15-11-47-35-19-27(3)29(5)21-37(35)49-43(47)41-33(23-39(47)51)31(25-51)9-17-53-45(41)50-38-22-30(6)28(4)20-36(38)48-12-16-52(14-8-2)26-32-10-18-54-46(49)42(44(48)50)34(32)24-40(48)52;;/h7-10,19-22,33-34,39-46H,1-2,11-18,23-26H2,3-6H3;2*1H/q+2;;/p-2/t33-,34-,39-,40-,41+,42+,43?,44?,45+,46+,47+,48+,51?,52?;;/m0../s1. The molecule has 13 rings (SSSR count). The number of quaternary nitrogens is 2. The molecule has 2 spiro atoms. The van der Waals surface area contributed by atoms with Gasteiger partial charge in [0.1, 0.15) is 37.6 Å². The summed E-state index contributed by atoms with van der Waals surface area (Å²) in [5, 5.41) is 0. The Morgan fingerprint density at radius 1 is 0.661 bits per heavy atom. The summed E-state index contributed by atoms with van der Waals surface area (Å²) in [7, 11) is 0. The van der Waals surface area contributed by atoms with E-state index in [0.717, 1.165) is 26.2 Å². The van der Waals surface area contributed by atoms with Gasteiger partial charge in [0.15, 0.2) is 0 Å². The van der Waals surface area contributed by atoms with E-state index in [0.29, 0.717) is 61.1 Å². The van der Waals surface area contributed by atoms with Crippen LogP contribution in [-0.2, 0) is 20.3 Å². The fourth-order valence-corrected chi connectivity index (χ4v) is 17.0. The zero-order valence-electron chi connectivity index (χ0n) is 33.7. The van der Waals surface area contributed by atoms with E-state index >= 15 is 0 Å². The van der Waals surface area contributed by atoms with E-state index in [9.17, 15) is 0 Å². The largest absolute Gasteiger partial charge is 1.00 e. The summed E-state index contributed by atoms with van der Waals surface area (Å²) in [4.78, 5) is 6.04. The van der Waals surface area contributed by atoms with Gasteiger partial charge in [-0.25, -0.2) is 0 Å². The normalized spacial score (nSPS) is 45.4. The number of piperidine rings is 2. The van der Waals surface area contributed by atoms with Gasteiger partial charge in [-0.2, -0.15) is 0 Å². The molecule has 0 N–H and O–H groups in total. The van der Waals surface area contributed by atoms with Gasteiger partial charge >= 0.3 is 0 Å². The van der Waals surface area contributed by atoms with Gasteiger partial charge in [0.25, 0.3) is 0 Å². The Morgan fingerprint density at radius 3 is 1.48 bits per heavy atom. The molecule has 5 saturated heterocycles. The highest BCUT2D eigenvalue weighted by Crippen LogP contribution is 2.73. The molecule has 2 aromatic carbocycles. The molecule has 14 atom stereocenters. The molecule has 6 nitrogen and oxygen atoms in total. The Labute approximate surface area is 355 Å². The van der Waals surface area contributed by atoms with Crippen LogP contribution in [0.15, 0.2) is 72.9 Å². The summed E-state index contributed by atoms with van der Waals surface area (Å²) < 4.78 is 17.6. The van der Waals surface area contributed by atoms with E-state index in [1.54, 1.807) is 22.3 Å². The van der Waals surface area contributed by atoms with Crippen LogP contribution in [0.2, 0.25) is 0 Å². The SMILES string of the molecule is C=CC[N+]12CC[C@]34c5cc(C)c(C)cc5N5C3[C@@H]3[C@@H](OCC=C(C1)[C@@H]3C[C@@H]42)N1c2cc(C)c(C)cc2[C@@]23CC[N+]4(CC=C)CC6=CCO[C@@H]5[C@@H](C12)[C@H]6C[C@@H]34.[Br-].[Br-]. The lowest BCUT2D eigenvalue weighted by Crippen LogP contribution is -3.00. The van der Waals surface area contributed by atoms with E-state index in [1.165, 1.54) is 81.4 Å². The maximum absolute atomic E-state index is 7.63. The molecule has 2 aliphatic carbocycles. The molecule has 8 heteroatoms. The molecule has 0 radical (unpaired) electrons. The minimum Gasteiger partial charge on any atom is -1.00 e. The Bertz CT molecular complexity index is 2030. The van der Waals surface area contributed by atoms with Crippen molar-refractivity contribution < 1.29 is 52.4 Å². The second kappa shape index (κ2) is 11.8. The number of ether oxygens (including phenoxy) is 2. The molecular formula is C48H58Br2N4O2. The van der Waals surface area contributed by atoms with Gasteiger partial charge in [-0.05, 0) is 96.5 Å². The van der Waals surface area contributed by atoms with E-state index in [1.807, 2.05) is 0 Å². The summed E-state index contributed by atoms with van der Waals surface area (Å²) in [6, 6.07) is 12.4. The van der Waals surface area contributed by atoms with Crippen LogP contribution in [0, 0.1) is 51.4 Å². The van der Waals surface area contributed by atoms with Crippen LogP contribution >= 0.6 is 0 Å². The molecule has 56 heavy (non-hydrogen) atoms. The molecule has 2 aromatic rings. The van der Waals surface area contributed by atoms with Gasteiger partial charge in [-0.1, -0.05) is 37.4 Å². The molecule has 0 amide bonds. The highest BCUT2D eigenvalue weighted by Gasteiger charge is 2.80. The number of hydrogen-bond acceptors (Lipinski definition) is 4. The van der Waals surface area contributed by atoms with Gasteiger partial charge in [0.2, 0.25) is 0 Å². The number of aryl methyl sites for hydroxylation is 4. The Hall–Kier alpha value is -2.20. The van der Waals surface area contributed by atoms with Crippen LogP contribution < -0.4 is 43.8 Å². The number of fused-ring (bicyclic) bond motifs is 6. The molecule has 11 aliphatic rings. The van der Waals surface area contributed by atoms with E-state index in [4.69, 9.17) is 9.47 Å². The predicted molar refractivity (Wildman–Crippen MR) is 213 cm³/mol. The third-order valence-corrected chi connectivity index (χ3v) is 18.9. The van der Waals surface area contributed by atoms with E-state index in [-0.39, 0.29) is 57.2 Å². The topological polar surface area (TPSA) is 24.9 Å². The van der Waals surface area contributed by atoms with E-state index in [2.05, 4.69) is 99.2 Å². The van der Waals surface area contributed by atoms with Crippen LogP contribution in [0.3, 0.4) is 0 Å². The average molecular weight is 883 g/mol. The van der Waals surface area contributed by atoms with Crippen molar-refractivity contribution in [3.8, 4) is 0 Å². The lowest BCUT2D eigenvalue weighted by molar-refractivity contribution is -0.938. The summed E-state index contributed by atoms with van der Waals surface area (Å²) in [6.45, 7) is 26.6. The van der Waals surface area contributed by atoms with Crippen molar-refractivity contribution >= 4 is 11.4 Å². The highest BCUT2D eigenvalue weighted by atomic mass is 79.9. The number of nitrogens with zero attached hydrogens (tertiary/aromatic N) is 4. The van der Waals surface area contributed by atoms with Crippen LogP contribution in [0.4, 0.5) is 11.4 Å². The average Bonchev–Trinajstić information content (AvgIpc) is 3.75. The predicted octanol–water partition coefficient (Wildman–Crippen LogP) is 0.910. The van der Waals surface area contributed by atoms with Gasteiger partial charge in [0, 0.05) is 60.7 Å². The van der Waals surface area contributed by atoms with Crippen molar-refractivity contribution in [2.24, 2.45) is 23.7 Å². The summed E-state index contributed by atoms with van der Waals surface area (Å²) >= 11 is 0. The highest BCUT2D eigenvalue weighted by molar-refractivity contribution is 5.73. The van der Waals surface area contributed by atoms with Crippen LogP contribution in [0.25, 0.3) is 0 Å². The smallest absolute Gasteiger partial charge is 0.136 e. The minimum absolute atomic E-state index is 0. The van der Waals surface area contributed by atoms with Gasteiger partial charge in [-0.15, -0.1) is 0 Å². The fraction of sp³-hybridized carbons (Fsp3) is 0.583. The summed E-state index contributed by atoms with van der Waals surface area (Å²) in [5.41, 5.74) is 15.5. The van der Waals surface area contributed by atoms with Gasteiger partial charge in [-0.3, -0.25) is 0 Å². The second-order valence-corrected chi connectivity index (χ2v) is 20.2. The maximum atomic E-state index is 7.63. The lowest BCUT2D eigenvalue weighted by Gasteiger charge is -2.65. The zero-order valence-corrected chi connectivity index (χ0v) is 36.8. The maximum Gasteiger partial charge on any atom is 0.136 e. The van der Waals surface area contributed by atoms with Crippen LogP contribution in [0.1, 0.15) is 59.1 Å². The Morgan fingerprint density at radius 2 is 1.07 bits per heavy atom. The van der Waals surface area contributed by atoms with Gasteiger partial charge < -0.3 is 62.2 Å². The number of halogens is 2. The number of rotatable bonds is 4. The monoisotopic (exact) mass is 880 g/mol. The first-order valence-corrected chi connectivity index (χ1v) is 21.6. The van der Waals surface area contributed by atoms with Crippen molar-refractivity contribution in [2.45, 2.75) is 101 Å². The Kier molecular flexibility index (Phi) is 7.73. The quantitative estimate of drug-likeness (QED) is 0.338. The fourth-order valence-electron chi connectivity index (χ4n) is 17.0. The molecule has 4 bridgehead atoms. The summed E-state index contributed by atoms with van der Waals surface area (Å²) in [6.07, 6.45) is 14.7. The lowest BCUT2D eigenvalue weighted by atomic mass is 9.52. The van der Waals surface area contributed by atoms with E-state index < -0.39 is 0 Å². The zero-order chi connectivity index (χ0) is 36.3. The molecule has 7 fully saturated rings.